The summed E-state index contributed by atoms with van der Waals surface area (Å²) in [6, 6.07) is 15.9. The van der Waals surface area contributed by atoms with Crippen molar-refractivity contribution in [3.05, 3.63) is 59.1 Å². The van der Waals surface area contributed by atoms with E-state index in [1.807, 2.05) is 84.9 Å². The third-order valence-electron chi connectivity index (χ3n) is 6.43. The van der Waals surface area contributed by atoms with Gasteiger partial charge < -0.3 is 24.6 Å². The van der Waals surface area contributed by atoms with Crippen molar-refractivity contribution < 1.29 is 19.1 Å². The van der Waals surface area contributed by atoms with Crippen LogP contribution in [0.4, 0.5) is 15.4 Å². The van der Waals surface area contributed by atoms with Gasteiger partial charge in [-0.25, -0.2) is 14.6 Å². The van der Waals surface area contributed by atoms with Crippen molar-refractivity contribution in [1.29, 1.82) is 0 Å². The Bertz CT molecular complexity index is 1390. The maximum Gasteiger partial charge on any atom is 0.410 e. The van der Waals surface area contributed by atoms with Crippen molar-refractivity contribution >= 4 is 40.5 Å². The monoisotopic (exact) mass is 566 g/mol. The maximum atomic E-state index is 12.4. The zero-order valence-corrected chi connectivity index (χ0v) is 25.1. The predicted molar refractivity (Wildman–Crippen MR) is 160 cm³/mol. The summed E-state index contributed by atoms with van der Waals surface area (Å²) in [7, 11) is 0. The van der Waals surface area contributed by atoms with Gasteiger partial charge in [-0.15, -0.1) is 0 Å². The fourth-order valence-electron chi connectivity index (χ4n) is 4.52. The number of nitrogens with zero attached hydrogens (tertiary/aromatic N) is 3. The van der Waals surface area contributed by atoms with Crippen LogP contribution in [0, 0.1) is 0 Å². The Morgan fingerprint density at radius 1 is 0.900 bits per heavy atom. The molecule has 1 atom stereocenters. The summed E-state index contributed by atoms with van der Waals surface area (Å²) in [5, 5.41) is 4.41. The van der Waals surface area contributed by atoms with Gasteiger partial charge in [0.05, 0.1) is 16.6 Å². The molecule has 0 unspecified atom stereocenters. The third kappa shape index (κ3) is 7.56. The Morgan fingerprint density at radius 2 is 1.55 bits per heavy atom. The molecular formula is C31H39ClN4O4. The van der Waals surface area contributed by atoms with Gasteiger partial charge in [-0.3, -0.25) is 0 Å². The number of benzene rings is 2. The minimum absolute atomic E-state index is 0.218. The highest BCUT2D eigenvalue weighted by Crippen LogP contribution is 2.32. The van der Waals surface area contributed by atoms with Crippen molar-refractivity contribution in [3.63, 3.8) is 0 Å². The summed E-state index contributed by atoms with van der Waals surface area (Å²) in [4.78, 5) is 33.4. The summed E-state index contributed by atoms with van der Waals surface area (Å²) in [6.07, 6.45) is -0.741. The van der Waals surface area contributed by atoms with Gasteiger partial charge in [0.2, 0.25) is 0 Å². The average Bonchev–Trinajstić information content (AvgIpc) is 2.86. The molecule has 2 heterocycles. The summed E-state index contributed by atoms with van der Waals surface area (Å²) < 4.78 is 10.9. The van der Waals surface area contributed by atoms with Crippen molar-refractivity contribution in [3.8, 4) is 11.1 Å². The van der Waals surface area contributed by atoms with Crippen LogP contribution in [-0.4, -0.2) is 59.5 Å². The molecule has 8 nitrogen and oxygen atoms in total. The van der Waals surface area contributed by atoms with Crippen LogP contribution in [0.2, 0.25) is 5.02 Å². The topological polar surface area (TPSA) is 84.0 Å². The van der Waals surface area contributed by atoms with Crippen LogP contribution in [0.1, 0.15) is 60.1 Å². The summed E-state index contributed by atoms with van der Waals surface area (Å²) in [6.45, 7) is 15.4. The first-order valence-electron chi connectivity index (χ1n) is 13.6. The number of amides is 2. The van der Waals surface area contributed by atoms with Gasteiger partial charge in [0.15, 0.2) is 0 Å². The number of halogens is 1. The number of aromatic nitrogens is 1. The smallest absolute Gasteiger partial charge is 0.410 e. The number of carbonyl (C=O) groups is 2. The van der Waals surface area contributed by atoms with E-state index in [1.165, 1.54) is 0 Å². The molecule has 40 heavy (non-hydrogen) atoms. The van der Waals surface area contributed by atoms with Crippen LogP contribution >= 0.6 is 11.6 Å². The standard InChI is InChI=1S/C31H39ClN4O4/c1-20(33-28(37)39-30(2,3)4)21-9-8-10-22(17-21)23-11-12-26-24(18-23)19-25(32)27(34-26)35-13-15-36(16-14-35)29(38)40-31(5,6)7/h8-12,17-20H,13-16H2,1-7H3,(H,33,37)/t20-/m0/s1. The van der Waals surface area contributed by atoms with E-state index in [0.29, 0.717) is 31.2 Å². The molecule has 214 valence electrons. The number of pyridine rings is 1. The Morgan fingerprint density at radius 3 is 2.20 bits per heavy atom. The molecule has 0 saturated carbocycles. The number of rotatable bonds is 4. The summed E-state index contributed by atoms with van der Waals surface area (Å²) in [5.41, 5.74) is 2.79. The second kappa shape index (κ2) is 11.5. The molecular weight excluding hydrogens is 528 g/mol. The van der Waals surface area contributed by atoms with Crippen LogP contribution in [0.25, 0.3) is 22.0 Å². The number of carbonyl (C=O) groups excluding carboxylic acids is 2. The first-order chi connectivity index (χ1) is 18.7. The summed E-state index contributed by atoms with van der Waals surface area (Å²) >= 11 is 6.72. The second-order valence-corrected chi connectivity index (χ2v) is 12.6. The first kappa shape index (κ1) is 29.5. The molecule has 1 aliphatic heterocycles. The minimum atomic E-state index is -0.555. The Hall–Kier alpha value is -3.52. The molecule has 0 radical (unpaired) electrons. The second-order valence-electron chi connectivity index (χ2n) is 12.1. The zero-order valence-electron chi connectivity index (χ0n) is 24.4. The predicted octanol–water partition coefficient (Wildman–Crippen LogP) is 7.20. The highest BCUT2D eigenvalue weighted by molar-refractivity contribution is 6.33. The van der Waals surface area contributed by atoms with E-state index in [9.17, 15) is 9.59 Å². The number of anilines is 1. The highest BCUT2D eigenvalue weighted by Gasteiger charge is 2.27. The lowest BCUT2D eigenvalue weighted by molar-refractivity contribution is 0.0240. The molecule has 1 N–H and O–H groups in total. The van der Waals surface area contributed by atoms with Crippen molar-refractivity contribution in [2.24, 2.45) is 0 Å². The van der Waals surface area contributed by atoms with E-state index in [-0.39, 0.29) is 12.1 Å². The van der Waals surface area contributed by atoms with E-state index >= 15 is 0 Å². The molecule has 1 saturated heterocycles. The number of hydrogen-bond acceptors (Lipinski definition) is 6. The van der Waals surface area contributed by atoms with Crippen LogP contribution in [0.15, 0.2) is 48.5 Å². The van der Waals surface area contributed by atoms with E-state index in [1.54, 1.807) is 4.90 Å². The molecule has 4 rings (SSSR count). The number of hydrogen-bond donors (Lipinski definition) is 1. The lowest BCUT2D eigenvalue weighted by Crippen LogP contribution is -2.50. The molecule has 2 aromatic carbocycles. The van der Waals surface area contributed by atoms with Gasteiger partial charge in [0.1, 0.15) is 17.0 Å². The van der Waals surface area contributed by atoms with Crippen molar-refractivity contribution in [2.75, 3.05) is 31.1 Å². The van der Waals surface area contributed by atoms with Crippen LogP contribution in [-0.2, 0) is 9.47 Å². The molecule has 1 fully saturated rings. The Labute approximate surface area is 241 Å². The van der Waals surface area contributed by atoms with Crippen molar-refractivity contribution in [1.82, 2.24) is 15.2 Å². The van der Waals surface area contributed by atoms with E-state index < -0.39 is 17.3 Å². The Kier molecular flexibility index (Phi) is 8.49. The number of ether oxygens (including phenoxy) is 2. The van der Waals surface area contributed by atoms with Crippen molar-refractivity contribution in [2.45, 2.75) is 65.7 Å². The van der Waals surface area contributed by atoms with E-state index in [2.05, 4.69) is 22.3 Å². The lowest BCUT2D eigenvalue weighted by Gasteiger charge is -2.36. The molecule has 0 aliphatic carbocycles. The van der Waals surface area contributed by atoms with E-state index in [4.69, 9.17) is 26.1 Å². The average molecular weight is 567 g/mol. The highest BCUT2D eigenvalue weighted by atomic mass is 35.5. The first-order valence-corrected chi connectivity index (χ1v) is 14.0. The Balaban J connectivity index is 1.48. The maximum absolute atomic E-state index is 12.4. The molecule has 9 heteroatoms. The molecule has 0 spiro atoms. The number of nitrogens with one attached hydrogen (secondary N) is 1. The molecule has 1 aliphatic rings. The SMILES string of the molecule is C[C@H](NC(=O)OC(C)(C)C)c1cccc(-c2ccc3nc(N4CCN(C(=O)OC(C)(C)C)CC4)c(Cl)cc3c2)c1. The fraction of sp³-hybridized carbons (Fsp3) is 0.452. The van der Waals surface area contributed by atoms with Gasteiger partial charge in [-0.2, -0.15) is 0 Å². The molecule has 1 aromatic heterocycles. The molecule has 2 amide bonds. The van der Waals surface area contributed by atoms with Gasteiger partial charge in [0.25, 0.3) is 0 Å². The van der Waals surface area contributed by atoms with Crippen LogP contribution in [0.3, 0.4) is 0 Å². The van der Waals surface area contributed by atoms with Crippen LogP contribution < -0.4 is 10.2 Å². The largest absolute Gasteiger partial charge is 0.444 e. The molecule has 3 aromatic rings. The quantitative estimate of drug-likeness (QED) is 0.359. The number of fused-ring (bicyclic) bond motifs is 1. The molecule has 0 bridgehead atoms. The van der Waals surface area contributed by atoms with E-state index in [0.717, 1.165) is 33.4 Å². The van der Waals surface area contributed by atoms with Gasteiger partial charge in [-0.1, -0.05) is 35.9 Å². The minimum Gasteiger partial charge on any atom is -0.444 e. The third-order valence-corrected chi connectivity index (χ3v) is 6.71. The van der Waals surface area contributed by atoms with Crippen LogP contribution in [0.5, 0.6) is 0 Å². The van der Waals surface area contributed by atoms with Gasteiger partial charge >= 0.3 is 12.2 Å². The number of piperazine rings is 1. The van der Waals surface area contributed by atoms with Gasteiger partial charge in [-0.05, 0) is 89.4 Å². The zero-order chi connectivity index (χ0) is 29.2. The number of alkyl carbamates (subject to hydrolysis) is 1. The lowest BCUT2D eigenvalue weighted by atomic mass is 9.99. The van der Waals surface area contributed by atoms with Gasteiger partial charge in [0, 0.05) is 31.6 Å². The fourth-order valence-corrected chi connectivity index (χ4v) is 4.80. The normalized spacial score (nSPS) is 15.1. The summed E-state index contributed by atoms with van der Waals surface area (Å²) in [5.74, 6) is 0.717.